The van der Waals surface area contributed by atoms with Gasteiger partial charge in [0.15, 0.2) is 0 Å². The van der Waals surface area contributed by atoms with Gasteiger partial charge < -0.3 is 15.1 Å². The Morgan fingerprint density at radius 3 is 2.60 bits per heavy atom. The number of amides is 2. The molecule has 3 rings (SSSR count). The highest BCUT2D eigenvalue weighted by Gasteiger charge is 2.38. The molecular weight excluding hydrogens is 318 g/mol. The number of benzene rings is 1. The fourth-order valence-corrected chi connectivity index (χ4v) is 3.32. The third-order valence-electron chi connectivity index (χ3n) is 4.65. The lowest BCUT2D eigenvalue weighted by Gasteiger charge is -2.18. The van der Waals surface area contributed by atoms with Crippen molar-refractivity contribution in [3.05, 3.63) is 59.5 Å². The van der Waals surface area contributed by atoms with Crippen molar-refractivity contribution >= 4 is 11.8 Å². The fourth-order valence-electron chi connectivity index (χ4n) is 3.32. The van der Waals surface area contributed by atoms with Gasteiger partial charge in [-0.15, -0.1) is 0 Å². The molecule has 132 valence electrons. The zero-order valence-corrected chi connectivity index (χ0v) is 14.5. The molecule has 1 aromatic carbocycles. The van der Waals surface area contributed by atoms with Crippen LogP contribution in [0.2, 0.25) is 0 Å². The van der Waals surface area contributed by atoms with Gasteiger partial charge in [0.2, 0.25) is 5.91 Å². The Labute approximate surface area is 147 Å². The van der Waals surface area contributed by atoms with Crippen molar-refractivity contribution in [3.8, 4) is 0 Å². The molecule has 1 aliphatic rings. The highest BCUT2D eigenvalue weighted by molar-refractivity contribution is 5.95. The summed E-state index contributed by atoms with van der Waals surface area (Å²) in [6, 6.07) is 11.5. The summed E-state index contributed by atoms with van der Waals surface area (Å²) in [5.41, 5.74) is 1.70. The van der Waals surface area contributed by atoms with E-state index in [2.05, 4.69) is 27.7 Å². The molecule has 2 amide bonds. The van der Waals surface area contributed by atoms with E-state index in [1.54, 1.807) is 20.0 Å². The molecule has 1 fully saturated rings. The lowest BCUT2D eigenvalue weighted by atomic mass is 10.0. The van der Waals surface area contributed by atoms with Crippen molar-refractivity contribution in [1.29, 1.82) is 0 Å². The first-order valence-corrected chi connectivity index (χ1v) is 8.41. The van der Waals surface area contributed by atoms with Crippen molar-refractivity contribution in [3.63, 3.8) is 0 Å². The molecule has 1 aromatic heterocycles. The van der Waals surface area contributed by atoms with Gasteiger partial charge in [-0.3, -0.25) is 14.5 Å². The van der Waals surface area contributed by atoms with Crippen LogP contribution in [-0.2, 0) is 11.3 Å². The molecule has 6 nitrogen and oxygen atoms in total. The molecule has 2 heterocycles. The summed E-state index contributed by atoms with van der Waals surface area (Å²) < 4.78 is 5.20. The zero-order valence-electron chi connectivity index (χ0n) is 14.5. The number of likely N-dealkylation sites (tertiary alicyclic amines) is 1. The van der Waals surface area contributed by atoms with Gasteiger partial charge in [-0.1, -0.05) is 30.3 Å². The lowest BCUT2D eigenvalue weighted by molar-refractivity contribution is -0.124. The number of aryl methyl sites for hydroxylation is 1. The first kappa shape index (κ1) is 17.2. The van der Waals surface area contributed by atoms with Crippen LogP contribution in [0.1, 0.15) is 21.7 Å². The van der Waals surface area contributed by atoms with Crippen molar-refractivity contribution in [1.82, 2.24) is 15.5 Å². The highest BCUT2D eigenvalue weighted by atomic mass is 16.3. The lowest BCUT2D eigenvalue weighted by Crippen LogP contribution is -2.45. The molecule has 0 radical (unpaired) electrons. The van der Waals surface area contributed by atoms with E-state index in [0.29, 0.717) is 24.4 Å². The minimum Gasteiger partial charge on any atom is -0.469 e. The van der Waals surface area contributed by atoms with Crippen molar-refractivity contribution in [2.75, 3.05) is 20.1 Å². The van der Waals surface area contributed by atoms with Crippen LogP contribution in [0.5, 0.6) is 0 Å². The molecule has 1 saturated heterocycles. The predicted octanol–water partition coefficient (Wildman–Crippen LogP) is 1.56. The molecule has 2 aromatic rings. The third kappa shape index (κ3) is 3.91. The molecule has 0 aliphatic carbocycles. The minimum atomic E-state index is -0.273. The molecular formula is C19H23N3O3. The Hall–Kier alpha value is -2.60. The normalized spacial score (nSPS) is 20.4. The third-order valence-corrected chi connectivity index (χ3v) is 4.65. The maximum Gasteiger partial charge on any atom is 0.255 e. The zero-order chi connectivity index (χ0) is 17.8. The molecule has 0 saturated carbocycles. The van der Waals surface area contributed by atoms with Gasteiger partial charge in [0.05, 0.1) is 23.8 Å². The highest BCUT2D eigenvalue weighted by Crippen LogP contribution is 2.21. The minimum absolute atomic E-state index is 0.0511. The van der Waals surface area contributed by atoms with E-state index in [4.69, 9.17) is 4.42 Å². The Kier molecular flexibility index (Phi) is 5.19. The second kappa shape index (κ2) is 7.53. The van der Waals surface area contributed by atoms with Gasteiger partial charge in [-0.05, 0) is 18.6 Å². The van der Waals surface area contributed by atoms with Gasteiger partial charge in [0, 0.05) is 26.7 Å². The Morgan fingerprint density at radius 1 is 1.20 bits per heavy atom. The standard InChI is InChI=1S/C19H23N3O3/c1-13-15(8-9-25-13)19(24)21-17-12-22(11-16(17)18(23)20-2)10-14-6-4-3-5-7-14/h3-9,16-17H,10-12H2,1-2H3,(H,20,23)(H,21,24)/t16-,17-/m0/s1. The summed E-state index contributed by atoms with van der Waals surface area (Å²) in [4.78, 5) is 26.9. The Balaban J connectivity index is 1.70. The summed E-state index contributed by atoms with van der Waals surface area (Å²) in [7, 11) is 1.63. The van der Waals surface area contributed by atoms with E-state index in [1.165, 1.54) is 11.8 Å². The summed E-state index contributed by atoms with van der Waals surface area (Å²) in [6.45, 7) is 3.76. The maximum absolute atomic E-state index is 12.5. The number of carbonyl (C=O) groups excluding carboxylic acids is 2. The average Bonchev–Trinajstić information content (AvgIpc) is 3.21. The van der Waals surface area contributed by atoms with E-state index in [1.807, 2.05) is 18.2 Å². The van der Waals surface area contributed by atoms with Crippen molar-refractivity contribution in [2.45, 2.75) is 19.5 Å². The molecule has 25 heavy (non-hydrogen) atoms. The SMILES string of the molecule is CNC(=O)[C@H]1CN(Cc2ccccc2)C[C@@H]1NC(=O)c1ccoc1C. The van der Waals surface area contributed by atoms with E-state index < -0.39 is 0 Å². The van der Waals surface area contributed by atoms with Crippen LogP contribution in [-0.4, -0.2) is 42.9 Å². The second-order valence-electron chi connectivity index (χ2n) is 6.37. The van der Waals surface area contributed by atoms with Crippen LogP contribution in [0.3, 0.4) is 0 Å². The largest absolute Gasteiger partial charge is 0.469 e. The van der Waals surface area contributed by atoms with Crippen LogP contribution in [0, 0.1) is 12.8 Å². The van der Waals surface area contributed by atoms with Crippen LogP contribution in [0.4, 0.5) is 0 Å². The van der Waals surface area contributed by atoms with Crippen molar-refractivity contribution < 1.29 is 14.0 Å². The van der Waals surface area contributed by atoms with Gasteiger partial charge >= 0.3 is 0 Å². The average molecular weight is 341 g/mol. The van der Waals surface area contributed by atoms with E-state index >= 15 is 0 Å². The van der Waals surface area contributed by atoms with E-state index in [-0.39, 0.29) is 23.8 Å². The number of carbonyl (C=O) groups is 2. The molecule has 0 bridgehead atoms. The maximum atomic E-state index is 12.5. The first-order chi connectivity index (χ1) is 12.1. The monoisotopic (exact) mass is 341 g/mol. The predicted molar refractivity (Wildman–Crippen MR) is 94.0 cm³/mol. The van der Waals surface area contributed by atoms with Crippen molar-refractivity contribution in [2.24, 2.45) is 5.92 Å². The number of nitrogens with one attached hydrogen (secondary N) is 2. The van der Waals surface area contributed by atoms with Gasteiger partial charge in [-0.2, -0.15) is 0 Å². The number of hydrogen-bond acceptors (Lipinski definition) is 4. The van der Waals surface area contributed by atoms with E-state index in [9.17, 15) is 9.59 Å². The summed E-state index contributed by atoms with van der Waals surface area (Å²) in [6.07, 6.45) is 1.50. The topological polar surface area (TPSA) is 74.6 Å². The molecule has 0 unspecified atom stereocenters. The second-order valence-corrected chi connectivity index (χ2v) is 6.37. The smallest absolute Gasteiger partial charge is 0.255 e. The molecule has 0 spiro atoms. The van der Waals surface area contributed by atoms with Crippen LogP contribution >= 0.6 is 0 Å². The van der Waals surface area contributed by atoms with Gasteiger partial charge in [-0.25, -0.2) is 0 Å². The number of hydrogen-bond donors (Lipinski definition) is 2. The molecule has 6 heteroatoms. The Morgan fingerprint density at radius 2 is 1.96 bits per heavy atom. The van der Waals surface area contributed by atoms with Gasteiger partial charge in [0.25, 0.3) is 5.91 Å². The molecule has 2 N–H and O–H groups in total. The number of furan rings is 1. The van der Waals surface area contributed by atoms with Gasteiger partial charge in [0.1, 0.15) is 5.76 Å². The molecule has 1 aliphatic heterocycles. The molecule has 2 atom stereocenters. The van der Waals surface area contributed by atoms with Crippen LogP contribution in [0.25, 0.3) is 0 Å². The first-order valence-electron chi connectivity index (χ1n) is 8.41. The summed E-state index contributed by atoms with van der Waals surface area (Å²) in [5.74, 6) is 0.0505. The van der Waals surface area contributed by atoms with Crippen LogP contribution < -0.4 is 10.6 Å². The summed E-state index contributed by atoms with van der Waals surface area (Å²) >= 11 is 0. The van der Waals surface area contributed by atoms with E-state index in [0.717, 1.165) is 6.54 Å². The number of nitrogens with zero attached hydrogens (tertiary/aromatic N) is 1. The quantitative estimate of drug-likeness (QED) is 0.866. The Bertz CT molecular complexity index is 741. The number of rotatable bonds is 5. The van der Waals surface area contributed by atoms with Crippen LogP contribution in [0.15, 0.2) is 47.1 Å². The fraction of sp³-hybridized carbons (Fsp3) is 0.368. The summed E-state index contributed by atoms with van der Waals surface area (Å²) in [5, 5.41) is 5.71.